The van der Waals surface area contributed by atoms with Crippen LogP contribution in [0.4, 0.5) is 0 Å². The Morgan fingerprint density at radius 2 is 2.17 bits per heavy atom. The van der Waals surface area contributed by atoms with Crippen LogP contribution in [0.15, 0.2) is 23.3 Å². The van der Waals surface area contributed by atoms with E-state index in [0.29, 0.717) is 37.4 Å². The zero-order valence-electron chi connectivity index (χ0n) is 16.7. The summed E-state index contributed by atoms with van der Waals surface area (Å²) in [5.41, 5.74) is 1.06. The zero-order chi connectivity index (χ0) is 20.2. The lowest BCUT2D eigenvalue weighted by molar-refractivity contribution is 0.0200. The number of hydrogen-bond donors (Lipinski definition) is 3. The second-order valence-corrected chi connectivity index (χ2v) is 8.90. The van der Waals surface area contributed by atoms with Crippen molar-refractivity contribution in [3.63, 3.8) is 0 Å². The summed E-state index contributed by atoms with van der Waals surface area (Å²) in [6, 6.07) is 3.68. The van der Waals surface area contributed by atoms with Crippen LogP contribution >= 0.6 is 35.6 Å². The standard InChI is InChI=1S/C18H30ClN5O3S.HI/c1-2-20-18(21-9-8-15-6-7-17(19)23-13-15)22-10-12-28(25,26)24-14-16-5-3-4-11-27-16;/h6-7,13,16,24H,2-5,8-12,14H2,1H3,(H2,20,21,22);1H. The maximum absolute atomic E-state index is 12.1. The van der Waals surface area contributed by atoms with Crippen molar-refractivity contribution in [3.8, 4) is 0 Å². The Morgan fingerprint density at radius 1 is 1.34 bits per heavy atom. The highest BCUT2D eigenvalue weighted by Gasteiger charge is 2.17. The van der Waals surface area contributed by atoms with Gasteiger partial charge >= 0.3 is 0 Å². The molecule has 1 aromatic heterocycles. The molecule has 8 nitrogen and oxygen atoms in total. The van der Waals surface area contributed by atoms with Crippen LogP contribution in [0.2, 0.25) is 5.15 Å². The van der Waals surface area contributed by atoms with Gasteiger partial charge in [0.25, 0.3) is 0 Å². The Labute approximate surface area is 195 Å². The van der Waals surface area contributed by atoms with E-state index in [4.69, 9.17) is 16.3 Å². The van der Waals surface area contributed by atoms with Crippen molar-refractivity contribution in [2.75, 3.05) is 38.5 Å². The number of sulfonamides is 1. The molecule has 166 valence electrons. The fourth-order valence-corrected chi connectivity index (χ4v) is 3.79. The number of pyridine rings is 1. The van der Waals surface area contributed by atoms with Gasteiger partial charge in [-0.3, -0.25) is 4.99 Å². The molecule has 0 saturated carbocycles. The number of rotatable bonds is 10. The minimum absolute atomic E-state index is 0. The average molecular weight is 560 g/mol. The number of halogens is 2. The molecule has 1 aliphatic rings. The lowest BCUT2D eigenvalue weighted by Crippen LogP contribution is -2.39. The van der Waals surface area contributed by atoms with Gasteiger partial charge in [-0.15, -0.1) is 24.0 Å². The number of aliphatic imine (C=N–C) groups is 1. The molecule has 0 amide bonds. The van der Waals surface area contributed by atoms with Gasteiger partial charge in [0.05, 0.1) is 18.4 Å². The summed E-state index contributed by atoms with van der Waals surface area (Å²) >= 11 is 5.78. The van der Waals surface area contributed by atoms with E-state index in [-0.39, 0.29) is 42.4 Å². The number of ether oxygens (including phenoxy) is 1. The fourth-order valence-electron chi connectivity index (χ4n) is 2.76. The summed E-state index contributed by atoms with van der Waals surface area (Å²) < 4.78 is 32.5. The third-order valence-corrected chi connectivity index (χ3v) is 5.82. The van der Waals surface area contributed by atoms with Crippen molar-refractivity contribution in [1.29, 1.82) is 0 Å². The van der Waals surface area contributed by atoms with Crippen molar-refractivity contribution < 1.29 is 13.2 Å². The van der Waals surface area contributed by atoms with Gasteiger partial charge in [0.15, 0.2) is 5.96 Å². The molecule has 2 rings (SSSR count). The molecular weight excluding hydrogens is 529 g/mol. The van der Waals surface area contributed by atoms with Gasteiger partial charge in [0.2, 0.25) is 10.0 Å². The van der Waals surface area contributed by atoms with Crippen LogP contribution in [0, 0.1) is 0 Å². The third-order valence-electron chi connectivity index (χ3n) is 4.27. The second-order valence-electron chi connectivity index (χ2n) is 6.58. The van der Waals surface area contributed by atoms with Gasteiger partial charge < -0.3 is 15.4 Å². The molecule has 1 unspecified atom stereocenters. The van der Waals surface area contributed by atoms with Gasteiger partial charge in [-0.1, -0.05) is 17.7 Å². The second kappa shape index (κ2) is 14.3. The zero-order valence-corrected chi connectivity index (χ0v) is 20.6. The monoisotopic (exact) mass is 559 g/mol. The highest BCUT2D eigenvalue weighted by molar-refractivity contribution is 14.0. The van der Waals surface area contributed by atoms with Crippen molar-refractivity contribution in [3.05, 3.63) is 29.0 Å². The van der Waals surface area contributed by atoms with Crippen LogP contribution in [-0.2, 0) is 21.2 Å². The number of hydrogen-bond acceptors (Lipinski definition) is 5. The van der Waals surface area contributed by atoms with Crippen LogP contribution in [-0.4, -0.2) is 64.0 Å². The van der Waals surface area contributed by atoms with Crippen LogP contribution in [0.1, 0.15) is 31.7 Å². The van der Waals surface area contributed by atoms with E-state index in [9.17, 15) is 8.42 Å². The summed E-state index contributed by atoms with van der Waals surface area (Å²) in [4.78, 5) is 8.40. The van der Waals surface area contributed by atoms with Crippen molar-refractivity contribution in [2.45, 2.75) is 38.7 Å². The molecule has 1 fully saturated rings. The van der Waals surface area contributed by atoms with E-state index in [1.54, 1.807) is 12.3 Å². The number of nitrogens with zero attached hydrogens (tertiary/aromatic N) is 2. The highest BCUT2D eigenvalue weighted by atomic mass is 127. The molecule has 0 bridgehead atoms. The van der Waals surface area contributed by atoms with E-state index in [1.165, 1.54) is 0 Å². The minimum Gasteiger partial charge on any atom is -0.377 e. The summed E-state index contributed by atoms with van der Waals surface area (Å²) in [7, 11) is -3.37. The molecule has 0 aromatic carbocycles. The first-order valence-corrected chi connectivity index (χ1v) is 11.7. The van der Waals surface area contributed by atoms with Gasteiger partial charge in [-0.25, -0.2) is 18.1 Å². The predicted molar refractivity (Wildman–Crippen MR) is 128 cm³/mol. The van der Waals surface area contributed by atoms with Crippen LogP contribution in [0.3, 0.4) is 0 Å². The van der Waals surface area contributed by atoms with Gasteiger partial charge in [0.1, 0.15) is 5.15 Å². The first-order chi connectivity index (χ1) is 13.5. The lowest BCUT2D eigenvalue weighted by Gasteiger charge is -2.22. The quantitative estimate of drug-likeness (QED) is 0.175. The molecule has 11 heteroatoms. The molecule has 1 aliphatic heterocycles. The van der Waals surface area contributed by atoms with E-state index in [2.05, 4.69) is 25.3 Å². The molecule has 29 heavy (non-hydrogen) atoms. The summed E-state index contributed by atoms with van der Waals surface area (Å²) in [6.07, 6.45) is 5.51. The highest BCUT2D eigenvalue weighted by Crippen LogP contribution is 2.11. The lowest BCUT2D eigenvalue weighted by atomic mass is 10.1. The van der Waals surface area contributed by atoms with E-state index in [0.717, 1.165) is 31.2 Å². The van der Waals surface area contributed by atoms with Gasteiger partial charge in [-0.05, 0) is 44.2 Å². The molecule has 1 aromatic rings. The number of guanidine groups is 1. The van der Waals surface area contributed by atoms with E-state index < -0.39 is 10.0 Å². The van der Waals surface area contributed by atoms with Crippen molar-refractivity contribution in [1.82, 2.24) is 20.3 Å². The minimum atomic E-state index is -3.37. The topological polar surface area (TPSA) is 105 Å². The Bertz CT molecular complexity index is 713. The Kier molecular flexibility index (Phi) is 13.0. The number of nitrogens with one attached hydrogen (secondary N) is 3. The molecular formula is C18H31ClIN5O3S. The van der Waals surface area contributed by atoms with Crippen LogP contribution < -0.4 is 15.4 Å². The molecule has 1 atom stereocenters. The molecule has 1 saturated heterocycles. The largest absolute Gasteiger partial charge is 0.377 e. The molecule has 0 spiro atoms. The first kappa shape index (κ1) is 26.3. The Hall–Kier alpha value is -0.690. The molecule has 0 aliphatic carbocycles. The first-order valence-electron chi connectivity index (χ1n) is 9.70. The average Bonchev–Trinajstić information content (AvgIpc) is 2.69. The summed E-state index contributed by atoms with van der Waals surface area (Å²) in [6.45, 7) is 4.53. The Balaban J connectivity index is 0.00000420. The van der Waals surface area contributed by atoms with E-state index in [1.807, 2.05) is 13.0 Å². The van der Waals surface area contributed by atoms with E-state index >= 15 is 0 Å². The van der Waals surface area contributed by atoms with Crippen molar-refractivity contribution >= 4 is 51.6 Å². The van der Waals surface area contributed by atoms with Gasteiger partial charge in [0, 0.05) is 32.4 Å². The number of aromatic nitrogens is 1. The fraction of sp³-hybridized carbons (Fsp3) is 0.667. The van der Waals surface area contributed by atoms with Gasteiger partial charge in [-0.2, -0.15) is 0 Å². The maximum atomic E-state index is 12.1. The molecule has 0 radical (unpaired) electrons. The molecule has 2 heterocycles. The van der Waals surface area contributed by atoms with Crippen LogP contribution in [0.25, 0.3) is 0 Å². The SMILES string of the molecule is CCNC(=NCCS(=O)(=O)NCC1CCCCO1)NCCc1ccc(Cl)nc1.I. The van der Waals surface area contributed by atoms with Crippen molar-refractivity contribution in [2.24, 2.45) is 4.99 Å². The Morgan fingerprint density at radius 3 is 2.83 bits per heavy atom. The summed E-state index contributed by atoms with van der Waals surface area (Å²) in [5, 5.41) is 6.78. The normalized spacial score (nSPS) is 17.4. The predicted octanol–water partition coefficient (Wildman–Crippen LogP) is 1.94. The maximum Gasteiger partial charge on any atom is 0.213 e. The molecule has 3 N–H and O–H groups in total. The van der Waals surface area contributed by atoms with Crippen LogP contribution in [0.5, 0.6) is 0 Å². The third kappa shape index (κ3) is 11.3. The summed E-state index contributed by atoms with van der Waals surface area (Å²) in [5.74, 6) is 0.535. The smallest absolute Gasteiger partial charge is 0.213 e.